The average molecular weight is 300 g/mol. The molecule has 0 aliphatic heterocycles. The van der Waals surface area contributed by atoms with Crippen LogP contribution in [-0.2, 0) is 12.8 Å². The van der Waals surface area contributed by atoms with E-state index in [4.69, 9.17) is 11.6 Å². The van der Waals surface area contributed by atoms with E-state index in [0.29, 0.717) is 12.0 Å². The summed E-state index contributed by atoms with van der Waals surface area (Å²) < 4.78 is 0. The van der Waals surface area contributed by atoms with Gasteiger partial charge in [0.15, 0.2) is 0 Å². The molecule has 0 amide bonds. The summed E-state index contributed by atoms with van der Waals surface area (Å²) in [5, 5.41) is 4.57. The summed E-state index contributed by atoms with van der Waals surface area (Å²) >= 11 is 6.12. The molecule has 3 rings (SSSR count). The molecule has 0 spiro atoms. The van der Waals surface area contributed by atoms with E-state index in [9.17, 15) is 0 Å². The number of hydrogen-bond donors (Lipinski definition) is 1. The van der Waals surface area contributed by atoms with Gasteiger partial charge in [0.2, 0.25) is 0 Å². The maximum Gasteiger partial charge on any atom is 0.0408 e. The molecule has 2 aromatic rings. The van der Waals surface area contributed by atoms with Gasteiger partial charge in [-0.3, -0.25) is 0 Å². The summed E-state index contributed by atoms with van der Waals surface area (Å²) in [4.78, 5) is 0. The Morgan fingerprint density at radius 3 is 2.81 bits per heavy atom. The lowest BCUT2D eigenvalue weighted by molar-refractivity contribution is 0.397. The molecular formula is C19H22ClN. The minimum absolute atomic E-state index is 0.498. The Bertz CT molecular complexity index is 608. The lowest BCUT2D eigenvalue weighted by atomic mass is 9.72. The van der Waals surface area contributed by atoms with Crippen molar-refractivity contribution in [1.82, 2.24) is 5.32 Å². The van der Waals surface area contributed by atoms with Crippen molar-refractivity contribution in [2.24, 2.45) is 0 Å². The van der Waals surface area contributed by atoms with Crippen LogP contribution in [-0.4, -0.2) is 12.6 Å². The first-order valence-corrected chi connectivity index (χ1v) is 8.21. The zero-order valence-electron chi connectivity index (χ0n) is 12.5. The Hall–Kier alpha value is -1.31. The van der Waals surface area contributed by atoms with Crippen LogP contribution in [0.3, 0.4) is 0 Å². The van der Waals surface area contributed by atoms with Crippen LogP contribution < -0.4 is 5.32 Å². The highest BCUT2D eigenvalue weighted by atomic mass is 35.5. The Morgan fingerprint density at radius 2 is 2.05 bits per heavy atom. The van der Waals surface area contributed by atoms with E-state index in [2.05, 4.69) is 48.6 Å². The topological polar surface area (TPSA) is 12.0 Å². The second-order valence-electron chi connectivity index (χ2n) is 5.90. The monoisotopic (exact) mass is 299 g/mol. The normalized spacial score (nSPS) is 17.9. The molecule has 0 heterocycles. The molecule has 2 aromatic carbocycles. The molecule has 0 saturated carbocycles. The van der Waals surface area contributed by atoms with Crippen molar-refractivity contribution in [3.8, 4) is 0 Å². The molecule has 1 aliphatic carbocycles. The predicted octanol–water partition coefficient (Wildman–Crippen LogP) is 4.59. The van der Waals surface area contributed by atoms with Crippen LogP contribution in [0.1, 0.15) is 36.0 Å². The third kappa shape index (κ3) is 3.30. The molecule has 110 valence electrons. The van der Waals surface area contributed by atoms with Gasteiger partial charge in [-0.25, -0.2) is 0 Å². The van der Waals surface area contributed by atoms with E-state index in [1.165, 1.54) is 29.5 Å². The van der Waals surface area contributed by atoms with Gasteiger partial charge in [0.1, 0.15) is 0 Å². The van der Waals surface area contributed by atoms with Gasteiger partial charge >= 0.3 is 0 Å². The summed E-state index contributed by atoms with van der Waals surface area (Å²) in [6, 6.07) is 17.6. The summed E-state index contributed by atoms with van der Waals surface area (Å²) in [7, 11) is 0. The fourth-order valence-corrected chi connectivity index (χ4v) is 3.47. The molecule has 2 atom stereocenters. The van der Waals surface area contributed by atoms with Gasteiger partial charge in [-0.15, -0.1) is 0 Å². The fraction of sp³-hybridized carbons (Fsp3) is 0.368. The van der Waals surface area contributed by atoms with E-state index in [0.717, 1.165) is 18.0 Å². The highest BCUT2D eigenvalue weighted by molar-refractivity contribution is 6.30. The first-order valence-electron chi connectivity index (χ1n) is 7.83. The molecule has 0 bridgehead atoms. The van der Waals surface area contributed by atoms with Crippen molar-refractivity contribution in [1.29, 1.82) is 0 Å². The van der Waals surface area contributed by atoms with E-state index in [1.807, 2.05) is 12.1 Å². The van der Waals surface area contributed by atoms with Gasteiger partial charge in [0.25, 0.3) is 0 Å². The van der Waals surface area contributed by atoms with Gasteiger partial charge in [-0.05, 0) is 54.6 Å². The maximum atomic E-state index is 6.12. The molecule has 1 N–H and O–H groups in total. The summed E-state index contributed by atoms with van der Waals surface area (Å²) in [5.41, 5.74) is 4.35. The maximum absolute atomic E-state index is 6.12. The van der Waals surface area contributed by atoms with Crippen LogP contribution in [0.15, 0.2) is 48.5 Å². The first-order chi connectivity index (χ1) is 10.3. The number of halogens is 1. The van der Waals surface area contributed by atoms with Crippen molar-refractivity contribution in [2.45, 2.75) is 38.1 Å². The van der Waals surface area contributed by atoms with Crippen molar-refractivity contribution in [3.63, 3.8) is 0 Å². The smallest absolute Gasteiger partial charge is 0.0408 e. The van der Waals surface area contributed by atoms with Gasteiger partial charge < -0.3 is 5.32 Å². The molecule has 2 unspecified atom stereocenters. The van der Waals surface area contributed by atoms with Crippen LogP contribution in [0.2, 0.25) is 5.02 Å². The van der Waals surface area contributed by atoms with Crippen LogP contribution >= 0.6 is 11.6 Å². The highest BCUT2D eigenvalue weighted by Crippen LogP contribution is 2.38. The molecular weight excluding hydrogens is 278 g/mol. The number of nitrogens with one attached hydrogen (secondary N) is 1. The summed E-state index contributed by atoms with van der Waals surface area (Å²) in [5.74, 6) is 0.631. The van der Waals surface area contributed by atoms with E-state index < -0.39 is 0 Å². The molecule has 0 fully saturated rings. The van der Waals surface area contributed by atoms with Gasteiger partial charge in [-0.1, -0.05) is 54.9 Å². The van der Waals surface area contributed by atoms with Crippen LogP contribution in [0, 0.1) is 0 Å². The van der Waals surface area contributed by atoms with Gasteiger partial charge in [-0.2, -0.15) is 0 Å². The molecule has 0 saturated heterocycles. The van der Waals surface area contributed by atoms with Gasteiger partial charge in [0, 0.05) is 17.0 Å². The predicted molar refractivity (Wildman–Crippen MR) is 90.1 cm³/mol. The Morgan fingerprint density at radius 1 is 1.19 bits per heavy atom. The number of benzene rings is 2. The van der Waals surface area contributed by atoms with Crippen molar-refractivity contribution in [3.05, 3.63) is 70.2 Å². The van der Waals surface area contributed by atoms with Crippen LogP contribution in [0.4, 0.5) is 0 Å². The number of fused-ring (bicyclic) bond motifs is 1. The molecule has 0 aromatic heterocycles. The zero-order valence-corrected chi connectivity index (χ0v) is 13.2. The molecule has 1 nitrogen and oxygen atoms in total. The third-order valence-electron chi connectivity index (χ3n) is 4.38. The third-order valence-corrected chi connectivity index (χ3v) is 4.62. The van der Waals surface area contributed by atoms with Crippen molar-refractivity contribution in [2.75, 3.05) is 6.54 Å². The minimum atomic E-state index is 0.498. The molecule has 2 heteroatoms. The number of hydrogen-bond acceptors (Lipinski definition) is 1. The van der Waals surface area contributed by atoms with Gasteiger partial charge in [0.05, 0.1) is 0 Å². The highest BCUT2D eigenvalue weighted by Gasteiger charge is 2.32. The molecule has 0 radical (unpaired) electrons. The minimum Gasteiger partial charge on any atom is -0.313 e. The Kier molecular flexibility index (Phi) is 4.62. The van der Waals surface area contributed by atoms with E-state index in [1.54, 1.807) is 0 Å². The van der Waals surface area contributed by atoms with Crippen molar-refractivity contribution < 1.29 is 0 Å². The molecule has 1 aliphatic rings. The largest absolute Gasteiger partial charge is 0.313 e. The SMILES string of the molecule is CCCNC(Cc1cccc(Cl)c1)C1Cc2ccccc21. The lowest BCUT2D eigenvalue weighted by Gasteiger charge is -2.37. The van der Waals surface area contributed by atoms with Crippen LogP contribution in [0.25, 0.3) is 0 Å². The first kappa shape index (κ1) is 14.6. The van der Waals surface area contributed by atoms with Crippen molar-refractivity contribution >= 4 is 11.6 Å². The quantitative estimate of drug-likeness (QED) is 0.822. The fourth-order valence-electron chi connectivity index (χ4n) is 3.26. The second-order valence-corrected chi connectivity index (χ2v) is 6.34. The van der Waals surface area contributed by atoms with Crippen LogP contribution in [0.5, 0.6) is 0 Å². The standard InChI is InChI=1S/C19H22ClN/c1-2-10-21-19(12-14-6-5-8-16(20)11-14)18-13-15-7-3-4-9-17(15)18/h3-9,11,18-19,21H,2,10,12-13H2,1H3. The Labute approximate surface area is 132 Å². The molecule has 21 heavy (non-hydrogen) atoms. The van der Waals surface area contributed by atoms with E-state index in [-0.39, 0.29) is 0 Å². The summed E-state index contributed by atoms with van der Waals surface area (Å²) in [6.45, 7) is 3.29. The Balaban J connectivity index is 1.76. The lowest BCUT2D eigenvalue weighted by Crippen LogP contribution is -2.41. The van der Waals surface area contributed by atoms with E-state index >= 15 is 0 Å². The summed E-state index contributed by atoms with van der Waals surface area (Å²) in [6.07, 6.45) is 3.40. The second kappa shape index (κ2) is 6.64. The number of rotatable bonds is 6. The zero-order chi connectivity index (χ0) is 14.7. The average Bonchev–Trinajstić information content (AvgIpc) is 2.46.